The lowest BCUT2D eigenvalue weighted by Crippen LogP contribution is -2.25. The van der Waals surface area contributed by atoms with Crippen LogP contribution in [0.1, 0.15) is 58.1 Å². The Bertz CT molecular complexity index is 322. The number of hydrogen-bond acceptors (Lipinski definition) is 1. The highest BCUT2D eigenvalue weighted by molar-refractivity contribution is 5.29. The van der Waals surface area contributed by atoms with E-state index < -0.39 is 0 Å². The van der Waals surface area contributed by atoms with Crippen molar-refractivity contribution >= 4 is 0 Å². The van der Waals surface area contributed by atoms with Gasteiger partial charge < -0.3 is 5.32 Å². The molecule has 0 unspecified atom stereocenters. The predicted octanol–water partition coefficient (Wildman–Crippen LogP) is 4.09. The Morgan fingerprint density at radius 1 is 1.12 bits per heavy atom. The van der Waals surface area contributed by atoms with Gasteiger partial charge in [-0.3, -0.25) is 0 Å². The minimum absolute atomic E-state index is 0.262. The summed E-state index contributed by atoms with van der Waals surface area (Å²) in [5.74, 6) is 0.619. The van der Waals surface area contributed by atoms with Crippen LogP contribution in [0, 0.1) is 0 Å². The molecule has 1 heteroatoms. The van der Waals surface area contributed by atoms with Gasteiger partial charge in [-0.05, 0) is 42.0 Å². The molecule has 17 heavy (non-hydrogen) atoms. The van der Waals surface area contributed by atoms with Crippen LogP contribution < -0.4 is 5.32 Å². The Balaban J connectivity index is 2.70. The molecule has 0 aliphatic carbocycles. The summed E-state index contributed by atoms with van der Waals surface area (Å²) < 4.78 is 0. The maximum atomic E-state index is 3.40. The van der Waals surface area contributed by atoms with E-state index in [9.17, 15) is 0 Å². The number of hydrogen-bond donors (Lipinski definition) is 1. The second kappa shape index (κ2) is 6.20. The van der Waals surface area contributed by atoms with Crippen molar-refractivity contribution in [3.63, 3.8) is 0 Å². The highest BCUT2D eigenvalue weighted by Crippen LogP contribution is 2.27. The van der Waals surface area contributed by atoms with Crippen molar-refractivity contribution in [2.24, 2.45) is 0 Å². The summed E-state index contributed by atoms with van der Waals surface area (Å²) in [6, 6.07) is 9.13. The van der Waals surface area contributed by atoms with Gasteiger partial charge in [-0.1, -0.05) is 58.9 Å². The van der Waals surface area contributed by atoms with Gasteiger partial charge in [-0.15, -0.1) is 0 Å². The molecule has 0 aliphatic rings. The molecule has 0 amide bonds. The van der Waals surface area contributed by atoms with Crippen molar-refractivity contribution in [2.45, 2.75) is 52.4 Å². The van der Waals surface area contributed by atoms with E-state index >= 15 is 0 Å². The minimum atomic E-state index is 0.262. The molecule has 0 bridgehead atoms. The molecule has 1 aromatic rings. The molecule has 1 N–H and O–H groups in total. The maximum Gasteiger partial charge on any atom is -0.00407 e. The Morgan fingerprint density at radius 2 is 1.71 bits per heavy atom. The largest absolute Gasteiger partial charge is 0.317 e. The quantitative estimate of drug-likeness (QED) is 0.730. The molecule has 0 spiro atoms. The molecular weight excluding hydrogens is 206 g/mol. The second-order valence-electron chi connectivity index (χ2n) is 5.76. The van der Waals surface area contributed by atoms with E-state index in [1.54, 1.807) is 0 Å². The van der Waals surface area contributed by atoms with E-state index in [2.05, 4.69) is 64.2 Å². The third-order valence-electron chi connectivity index (χ3n) is 3.54. The molecule has 0 saturated heterocycles. The smallest absolute Gasteiger partial charge is 0.00407 e. The van der Waals surface area contributed by atoms with Crippen molar-refractivity contribution in [1.82, 2.24) is 5.32 Å². The summed E-state index contributed by atoms with van der Waals surface area (Å²) in [7, 11) is 0. The molecular formula is C16H27N. The summed E-state index contributed by atoms with van der Waals surface area (Å²) >= 11 is 0. The predicted molar refractivity (Wildman–Crippen MR) is 76.7 cm³/mol. The topological polar surface area (TPSA) is 12.0 Å². The van der Waals surface area contributed by atoms with Crippen LogP contribution in [-0.2, 0) is 5.41 Å². The van der Waals surface area contributed by atoms with E-state index in [1.165, 1.54) is 17.5 Å². The molecule has 1 nitrogen and oxygen atoms in total. The molecule has 0 radical (unpaired) electrons. The molecule has 0 heterocycles. The molecule has 0 atom stereocenters. The fraction of sp³-hybridized carbons (Fsp3) is 0.625. The van der Waals surface area contributed by atoms with E-state index in [-0.39, 0.29) is 5.41 Å². The maximum absolute atomic E-state index is 3.40. The van der Waals surface area contributed by atoms with Gasteiger partial charge in [0, 0.05) is 0 Å². The zero-order valence-corrected chi connectivity index (χ0v) is 12.0. The SMILES string of the molecule is CCNCCC(C)(C)c1ccc(C(C)C)cc1. The first-order valence-corrected chi connectivity index (χ1v) is 6.78. The zero-order valence-electron chi connectivity index (χ0n) is 12.0. The number of rotatable bonds is 6. The number of nitrogens with one attached hydrogen (secondary N) is 1. The molecule has 0 aromatic heterocycles. The summed E-state index contributed by atoms with van der Waals surface area (Å²) in [6.45, 7) is 13.4. The number of benzene rings is 1. The fourth-order valence-electron chi connectivity index (χ4n) is 2.04. The second-order valence-corrected chi connectivity index (χ2v) is 5.76. The highest BCUT2D eigenvalue weighted by atomic mass is 14.8. The third-order valence-corrected chi connectivity index (χ3v) is 3.54. The Hall–Kier alpha value is -0.820. The average Bonchev–Trinajstić information content (AvgIpc) is 2.29. The van der Waals surface area contributed by atoms with Crippen molar-refractivity contribution in [2.75, 3.05) is 13.1 Å². The first-order chi connectivity index (χ1) is 7.97. The van der Waals surface area contributed by atoms with Gasteiger partial charge in [0.1, 0.15) is 0 Å². The first kappa shape index (κ1) is 14.2. The first-order valence-electron chi connectivity index (χ1n) is 6.78. The third kappa shape index (κ3) is 4.16. The van der Waals surface area contributed by atoms with Crippen molar-refractivity contribution in [3.05, 3.63) is 35.4 Å². The normalized spacial score (nSPS) is 12.1. The van der Waals surface area contributed by atoms with Gasteiger partial charge in [0.05, 0.1) is 0 Å². The van der Waals surface area contributed by atoms with Gasteiger partial charge in [0.2, 0.25) is 0 Å². The Morgan fingerprint density at radius 3 is 2.18 bits per heavy atom. The highest BCUT2D eigenvalue weighted by Gasteiger charge is 2.19. The van der Waals surface area contributed by atoms with Crippen LogP contribution in [-0.4, -0.2) is 13.1 Å². The lowest BCUT2D eigenvalue weighted by molar-refractivity contribution is 0.461. The van der Waals surface area contributed by atoms with Crippen molar-refractivity contribution in [3.8, 4) is 0 Å². The molecule has 1 rings (SSSR count). The van der Waals surface area contributed by atoms with Crippen LogP contribution in [0.2, 0.25) is 0 Å². The Kier molecular flexibility index (Phi) is 5.20. The van der Waals surface area contributed by atoms with Gasteiger partial charge in [-0.25, -0.2) is 0 Å². The van der Waals surface area contributed by atoms with Crippen molar-refractivity contribution in [1.29, 1.82) is 0 Å². The minimum Gasteiger partial charge on any atom is -0.317 e. The van der Waals surface area contributed by atoms with Gasteiger partial charge in [-0.2, -0.15) is 0 Å². The lowest BCUT2D eigenvalue weighted by atomic mass is 9.81. The summed E-state index contributed by atoms with van der Waals surface area (Å²) in [5.41, 5.74) is 3.13. The summed E-state index contributed by atoms with van der Waals surface area (Å²) in [4.78, 5) is 0. The monoisotopic (exact) mass is 233 g/mol. The van der Waals surface area contributed by atoms with E-state index in [0.717, 1.165) is 13.1 Å². The fourth-order valence-corrected chi connectivity index (χ4v) is 2.04. The molecule has 1 aromatic carbocycles. The van der Waals surface area contributed by atoms with Crippen molar-refractivity contribution < 1.29 is 0 Å². The van der Waals surface area contributed by atoms with Gasteiger partial charge in [0.25, 0.3) is 0 Å². The van der Waals surface area contributed by atoms with E-state index in [0.29, 0.717) is 5.92 Å². The van der Waals surface area contributed by atoms with E-state index in [1.807, 2.05) is 0 Å². The molecule has 96 valence electrons. The van der Waals surface area contributed by atoms with Crippen LogP contribution in [0.4, 0.5) is 0 Å². The average molecular weight is 233 g/mol. The van der Waals surface area contributed by atoms with Gasteiger partial charge in [0.15, 0.2) is 0 Å². The lowest BCUT2D eigenvalue weighted by Gasteiger charge is -2.26. The standard InChI is InChI=1S/C16H27N/c1-6-17-12-11-16(4,5)15-9-7-14(8-10-15)13(2)3/h7-10,13,17H,6,11-12H2,1-5H3. The van der Waals surface area contributed by atoms with Crippen LogP contribution in [0.5, 0.6) is 0 Å². The molecule has 0 saturated carbocycles. The van der Waals surface area contributed by atoms with Crippen LogP contribution in [0.25, 0.3) is 0 Å². The molecule has 0 aliphatic heterocycles. The summed E-state index contributed by atoms with van der Waals surface area (Å²) in [6.07, 6.45) is 1.18. The zero-order chi connectivity index (χ0) is 12.9. The van der Waals surface area contributed by atoms with E-state index in [4.69, 9.17) is 0 Å². The van der Waals surface area contributed by atoms with Gasteiger partial charge >= 0.3 is 0 Å². The van der Waals surface area contributed by atoms with Crippen LogP contribution in [0.3, 0.4) is 0 Å². The van der Waals surface area contributed by atoms with Crippen LogP contribution in [0.15, 0.2) is 24.3 Å². The Labute approximate surface area is 107 Å². The molecule has 0 fully saturated rings. The van der Waals surface area contributed by atoms with Crippen LogP contribution >= 0.6 is 0 Å². The summed E-state index contributed by atoms with van der Waals surface area (Å²) in [5, 5.41) is 3.40.